The van der Waals surface area contributed by atoms with Gasteiger partial charge in [-0.25, -0.2) is 0 Å². The summed E-state index contributed by atoms with van der Waals surface area (Å²) in [5, 5.41) is 6.56. The lowest BCUT2D eigenvalue weighted by molar-refractivity contribution is -0.141. The van der Waals surface area contributed by atoms with Gasteiger partial charge in [-0.05, 0) is 19.5 Å². The molecule has 1 atom stereocenters. The van der Waals surface area contributed by atoms with E-state index in [2.05, 4.69) is 10.4 Å². The van der Waals surface area contributed by atoms with Crippen LogP contribution in [0, 0.1) is 0 Å². The van der Waals surface area contributed by atoms with Crippen molar-refractivity contribution in [3.63, 3.8) is 0 Å². The van der Waals surface area contributed by atoms with Crippen LogP contribution in [0.2, 0.25) is 0 Å². The fourth-order valence-corrected chi connectivity index (χ4v) is 1.31. The Morgan fingerprint density at radius 3 is 2.67 bits per heavy atom. The Hall–Kier alpha value is -1.04. The van der Waals surface area contributed by atoms with Crippen LogP contribution >= 0.6 is 0 Å². The monoisotopic (exact) mass is 221 g/mol. The molecule has 0 bridgehead atoms. The third kappa shape index (κ3) is 3.54. The van der Waals surface area contributed by atoms with E-state index in [-0.39, 0.29) is 6.04 Å². The van der Waals surface area contributed by atoms with Crippen LogP contribution in [-0.4, -0.2) is 22.4 Å². The molecular formula is C9H14F3N3. The van der Waals surface area contributed by atoms with E-state index < -0.39 is 11.9 Å². The van der Waals surface area contributed by atoms with Gasteiger partial charge in [-0.1, -0.05) is 6.92 Å². The van der Waals surface area contributed by atoms with Gasteiger partial charge in [-0.3, -0.25) is 4.68 Å². The van der Waals surface area contributed by atoms with Crippen LogP contribution in [-0.2, 0) is 12.7 Å². The molecule has 1 heterocycles. The molecule has 86 valence electrons. The van der Waals surface area contributed by atoms with E-state index in [1.807, 2.05) is 13.8 Å². The normalized spacial score (nSPS) is 14.2. The molecule has 15 heavy (non-hydrogen) atoms. The van der Waals surface area contributed by atoms with E-state index >= 15 is 0 Å². The van der Waals surface area contributed by atoms with E-state index in [0.29, 0.717) is 6.54 Å². The molecular weight excluding hydrogens is 207 g/mol. The number of hydrogen-bond acceptors (Lipinski definition) is 2. The van der Waals surface area contributed by atoms with Gasteiger partial charge >= 0.3 is 6.18 Å². The first-order chi connectivity index (χ1) is 6.93. The van der Waals surface area contributed by atoms with Crippen LogP contribution in [0.15, 0.2) is 12.3 Å². The van der Waals surface area contributed by atoms with E-state index in [4.69, 9.17) is 0 Å². The minimum Gasteiger partial charge on any atom is -0.313 e. The van der Waals surface area contributed by atoms with Crippen molar-refractivity contribution in [2.45, 2.75) is 32.6 Å². The first kappa shape index (κ1) is 12.0. The van der Waals surface area contributed by atoms with E-state index in [0.717, 1.165) is 12.6 Å². The molecule has 1 aromatic rings. The highest BCUT2D eigenvalue weighted by Crippen LogP contribution is 2.27. The van der Waals surface area contributed by atoms with Gasteiger partial charge in [0.2, 0.25) is 0 Å². The minimum atomic E-state index is -4.35. The molecule has 0 saturated carbocycles. The Morgan fingerprint density at radius 2 is 2.20 bits per heavy atom. The largest absolute Gasteiger partial charge is 0.435 e. The average Bonchev–Trinajstić information content (AvgIpc) is 2.52. The molecule has 0 spiro atoms. The predicted molar refractivity (Wildman–Crippen MR) is 50.4 cm³/mol. The van der Waals surface area contributed by atoms with Crippen LogP contribution in [0.3, 0.4) is 0 Å². The molecule has 0 amide bonds. The van der Waals surface area contributed by atoms with Gasteiger partial charge in [0.1, 0.15) is 0 Å². The molecule has 0 aliphatic heterocycles. The average molecular weight is 221 g/mol. The maximum Gasteiger partial charge on any atom is 0.435 e. The highest BCUT2D eigenvalue weighted by molar-refractivity contribution is 5.03. The lowest BCUT2D eigenvalue weighted by atomic mass is 10.3. The van der Waals surface area contributed by atoms with Crippen molar-refractivity contribution in [2.75, 3.05) is 6.54 Å². The first-order valence-corrected chi connectivity index (χ1v) is 4.77. The zero-order chi connectivity index (χ0) is 11.5. The van der Waals surface area contributed by atoms with Crippen LogP contribution < -0.4 is 5.32 Å². The number of rotatable bonds is 4. The van der Waals surface area contributed by atoms with Gasteiger partial charge in [0.25, 0.3) is 0 Å². The lowest BCUT2D eigenvalue weighted by Crippen LogP contribution is -2.30. The standard InChI is InChI=1S/C9H14F3N3/c1-3-13-7(2)6-15-5-4-8(14-15)9(10,11)12/h4-5,7,13H,3,6H2,1-2H3. The first-order valence-electron chi connectivity index (χ1n) is 4.77. The van der Waals surface area contributed by atoms with Gasteiger partial charge < -0.3 is 5.32 Å². The van der Waals surface area contributed by atoms with E-state index in [9.17, 15) is 13.2 Å². The number of nitrogens with one attached hydrogen (secondary N) is 1. The van der Waals surface area contributed by atoms with Gasteiger partial charge in [0, 0.05) is 12.2 Å². The zero-order valence-corrected chi connectivity index (χ0v) is 8.67. The van der Waals surface area contributed by atoms with Crippen molar-refractivity contribution in [1.29, 1.82) is 0 Å². The number of nitrogens with zero attached hydrogens (tertiary/aromatic N) is 2. The SMILES string of the molecule is CCNC(C)Cn1ccc(C(F)(F)F)n1. The zero-order valence-electron chi connectivity index (χ0n) is 8.67. The number of halogens is 3. The van der Waals surface area contributed by atoms with Gasteiger partial charge in [0.15, 0.2) is 5.69 Å². The lowest BCUT2D eigenvalue weighted by Gasteiger charge is -2.11. The van der Waals surface area contributed by atoms with Crippen LogP contribution in [0.25, 0.3) is 0 Å². The molecule has 0 radical (unpaired) electrons. The quantitative estimate of drug-likeness (QED) is 0.841. The Morgan fingerprint density at radius 1 is 1.53 bits per heavy atom. The van der Waals surface area contributed by atoms with Crippen LogP contribution in [0.5, 0.6) is 0 Å². The third-order valence-corrected chi connectivity index (χ3v) is 1.94. The summed E-state index contributed by atoms with van der Waals surface area (Å²) in [5.74, 6) is 0. The van der Waals surface area contributed by atoms with Crippen molar-refractivity contribution < 1.29 is 13.2 Å². The van der Waals surface area contributed by atoms with Gasteiger partial charge in [0.05, 0.1) is 6.54 Å². The Kier molecular flexibility index (Phi) is 3.73. The summed E-state index contributed by atoms with van der Waals surface area (Å²) >= 11 is 0. The maximum atomic E-state index is 12.2. The fraction of sp³-hybridized carbons (Fsp3) is 0.667. The molecule has 1 rings (SSSR count). The molecule has 1 N–H and O–H groups in total. The summed E-state index contributed by atoms with van der Waals surface area (Å²) in [6.07, 6.45) is -3.01. The molecule has 3 nitrogen and oxygen atoms in total. The van der Waals surface area contributed by atoms with E-state index in [1.165, 1.54) is 10.9 Å². The molecule has 0 saturated heterocycles. The van der Waals surface area contributed by atoms with Crippen molar-refractivity contribution in [3.05, 3.63) is 18.0 Å². The topological polar surface area (TPSA) is 29.9 Å². The Balaban J connectivity index is 2.61. The van der Waals surface area contributed by atoms with Crippen molar-refractivity contribution in [2.24, 2.45) is 0 Å². The molecule has 0 aromatic carbocycles. The highest BCUT2D eigenvalue weighted by atomic mass is 19.4. The summed E-state index contributed by atoms with van der Waals surface area (Å²) in [5.41, 5.74) is -0.841. The summed E-state index contributed by atoms with van der Waals surface area (Å²) in [4.78, 5) is 0. The molecule has 0 aliphatic rings. The molecule has 0 fully saturated rings. The summed E-state index contributed by atoms with van der Waals surface area (Å²) in [6, 6.07) is 1.09. The Labute approximate surface area is 86.3 Å². The Bertz CT molecular complexity index is 306. The summed E-state index contributed by atoms with van der Waals surface area (Å²) < 4.78 is 37.9. The van der Waals surface area contributed by atoms with Crippen molar-refractivity contribution in [3.8, 4) is 0 Å². The van der Waals surface area contributed by atoms with Crippen molar-refractivity contribution in [1.82, 2.24) is 15.1 Å². The second-order valence-electron chi connectivity index (χ2n) is 3.38. The number of alkyl halides is 3. The van der Waals surface area contributed by atoms with Gasteiger partial charge in [-0.2, -0.15) is 18.3 Å². The maximum absolute atomic E-state index is 12.2. The molecule has 1 aromatic heterocycles. The molecule has 1 unspecified atom stereocenters. The fourth-order valence-electron chi connectivity index (χ4n) is 1.31. The minimum absolute atomic E-state index is 0.107. The predicted octanol–water partition coefficient (Wildman–Crippen LogP) is 1.90. The number of likely N-dealkylation sites (N-methyl/N-ethyl adjacent to an activating group) is 1. The second-order valence-corrected chi connectivity index (χ2v) is 3.38. The van der Waals surface area contributed by atoms with Crippen LogP contribution in [0.4, 0.5) is 13.2 Å². The smallest absolute Gasteiger partial charge is 0.313 e. The van der Waals surface area contributed by atoms with E-state index in [1.54, 1.807) is 0 Å². The third-order valence-electron chi connectivity index (χ3n) is 1.94. The highest BCUT2D eigenvalue weighted by Gasteiger charge is 2.33. The number of hydrogen-bond donors (Lipinski definition) is 1. The molecule has 0 aliphatic carbocycles. The molecule has 6 heteroatoms. The van der Waals surface area contributed by atoms with Crippen molar-refractivity contribution >= 4 is 0 Å². The summed E-state index contributed by atoms with van der Waals surface area (Å²) in [6.45, 7) is 5.07. The van der Waals surface area contributed by atoms with Gasteiger partial charge in [-0.15, -0.1) is 0 Å². The van der Waals surface area contributed by atoms with Crippen LogP contribution in [0.1, 0.15) is 19.5 Å². The summed E-state index contributed by atoms with van der Waals surface area (Å²) in [7, 11) is 0. The second kappa shape index (κ2) is 4.65. The number of aromatic nitrogens is 2.